The molecule has 0 N–H and O–H groups in total. The maximum atomic E-state index is 2.53. The summed E-state index contributed by atoms with van der Waals surface area (Å²) in [6.07, 6.45) is 27.8. The molecule has 1 heterocycles. The van der Waals surface area contributed by atoms with Crippen LogP contribution in [0.4, 0.5) is 17.1 Å². The predicted octanol–water partition coefficient (Wildman–Crippen LogP) is 15.6. The number of rotatable bonds is 7. The highest BCUT2D eigenvalue weighted by molar-refractivity contribution is 6.09. The first-order valence-electron chi connectivity index (χ1n) is 23.1. The summed E-state index contributed by atoms with van der Waals surface area (Å²) in [5, 5.41) is 2.54. The van der Waals surface area contributed by atoms with Crippen molar-refractivity contribution < 1.29 is 0 Å². The number of hydrogen-bond acceptors (Lipinski definition) is 1. The van der Waals surface area contributed by atoms with Crippen LogP contribution in [0.3, 0.4) is 0 Å². The fraction of sp³-hybridized carbons (Fsp3) is 0.129. The number of hydrogen-bond donors (Lipinski definition) is 0. The summed E-state index contributed by atoms with van der Waals surface area (Å²) < 4.78 is 2.40. The summed E-state index contributed by atoms with van der Waals surface area (Å²) in [7, 11) is 0. The standard InChI is InChI=1S/C62H48N2/c1-4-20-43(21-5-1)61(55-33-14-15-34-56(55)62(44-22-6-2-7-23-44)54-32-13-10-28-50(54)53-31-19-35-57(61)60(53)62)45-24-18-27-49(42-45)63(46-25-8-3-9-26-46)47-38-40-48(41-39-47)64-58-36-16-11-29-51(58)52-30-12-17-37-59(52)64/h1-4,6-20,22,24-31,33-42,44,54H,5,21,23,32H2. The Morgan fingerprint density at radius 3 is 1.95 bits per heavy atom. The highest BCUT2D eigenvalue weighted by atomic mass is 15.1. The summed E-state index contributed by atoms with van der Waals surface area (Å²) in [6.45, 7) is 0. The fourth-order valence-electron chi connectivity index (χ4n) is 12.9. The number of benzene rings is 7. The smallest absolute Gasteiger partial charge is 0.0671 e. The third kappa shape index (κ3) is 5.14. The highest BCUT2D eigenvalue weighted by Crippen LogP contribution is 2.69. The molecule has 64 heavy (non-hydrogen) atoms. The average Bonchev–Trinajstić information content (AvgIpc) is 3.87. The van der Waals surface area contributed by atoms with Gasteiger partial charge in [0.15, 0.2) is 0 Å². The molecule has 306 valence electrons. The van der Waals surface area contributed by atoms with E-state index in [1.165, 1.54) is 60.8 Å². The van der Waals surface area contributed by atoms with Gasteiger partial charge in [-0.05, 0) is 131 Å². The fourth-order valence-corrected chi connectivity index (χ4v) is 12.9. The second-order valence-electron chi connectivity index (χ2n) is 18.2. The first kappa shape index (κ1) is 37.2. The van der Waals surface area contributed by atoms with Crippen LogP contribution in [0, 0.1) is 11.8 Å². The Morgan fingerprint density at radius 2 is 1.19 bits per heavy atom. The molecule has 0 spiro atoms. The van der Waals surface area contributed by atoms with Gasteiger partial charge in [0, 0.05) is 44.9 Å². The molecule has 5 aliphatic rings. The molecular formula is C62H48N2. The molecule has 4 unspecified atom stereocenters. The molecule has 8 aromatic rings. The summed E-state index contributed by atoms with van der Waals surface area (Å²) in [5.41, 5.74) is 17.9. The average molecular weight is 821 g/mol. The van der Waals surface area contributed by atoms with Crippen LogP contribution in [0.15, 0.2) is 236 Å². The van der Waals surface area contributed by atoms with Crippen molar-refractivity contribution >= 4 is 44.4 Å². The molecule has 0 amide bonds. The van der Waals surface area contributed by atoms with Gasteiger partial charge >= 0.3 is 0 Å². The third-order valence-electron chi connectivity index (χ3n) is 15.2. The van der Waals surface area contributed by atoms with E-state index in [0.29, 0.717) is 11.8 Å². The van der Waals surface area contributed by atoms with E-state index in [4.69, 9.17) is 0 Å². The van der Waals surface area contributed by atoms with Gasteiger partial charge in [-0.15, -0.1) is 0 Å². The molecule has 2 nitrogen and oxygen atoms in total. The molecule has 2 heteroatoms. The molecule has 0 radical (unpaired) electrons. The lowest BCUT2D eigenvalue weighted by atomic mass is 9.48. The zero-order chi connectivity index (χ0) is 42.2. The lowest BCUT2D eigenvalue weighted by molar-refractivity contribution is 0.296. The van der Waals surface area contributed by atoms with Crippen LogP contribution in [0.5, 0.6) is 0 Å². The van der Waals surface area contributed by atoms with Crippen LogP contribution in [0.2, 0.25) is 0 Å². The van der Waals surface area contributed by atoms with Gasteiger partial charge in [-0.3, -0.25) is 0 Å². The molecule has 4 atom stereocenters. The van der Waals surface area contributed by atoms with Crippen LogP contribution in [0.1, 0.15) is 59.1 Å². The molecule has 0 bridgehead atoms. The summed E-state index contributed by atoms with van der Waals surface area (Å²) in [5.74, 6) is 0.698. The molecule has 0 fully saturated rings. The zero-order valence-electron chi connectivity index (χ0n) is 35.8. The topological polar surface area (TPSA) is 8.17 Å². The first-order chi connectivity index (χ1) is 31.8. The van der Waals surface area contributed by atoms with Gasteiger partial charge in [0.2, 0.25) is 0 Å². The maximum absolute atomic E-state index is 2.53. The first-order valence-corrected chi connectivity index (χ1v) is 23.1. The van der Waals surface area contributed by atoms with Crippen LogP contribution in [0.25, 0.3) is 33.1 Å². The van der Waals surface area contributed by atoms with E-state index in [9.17, 15) is 0 Å². The number of aromatic nitrogens is 1. The van der Waals surface area contributed by atoms with Crippen molar-refractivity contribution in [3.05, 3.63) is 270 Å². The quantitative estimate of drug-likeness (QED) is 0.155. The van der Waals surface area contributed by atoms with E-state index < -0.39 is 5.41 Å². The van der Waals surface area contributed by atoms with E-state index in [0.717, 1.165) is 48.4 Å². The minimum Gasteiger partial charge on any atom is -0.310 e. The lowest BCUT2D eigenvalue weighted by Gasteiger charge is -2.54. The van der Waals surface area contributed by atoms with Crippen LogP contribution in [-0.4, -0.2) is 4.57 Å². The van der Waals surface area contributed by atoms with Gasteiger partial charge < -0.3 is 9.47 Å². The molecule has 0 aliphatic heterocycles. The summed E-state index contributed by atoms with van der Waals surface area (Å²) in [4.78, 5) is 2.45. The largest absolute Gasteiger partial charge is 0.310 e. The van der Waals surface area contributed by atoms with E-state index in [1.54, 1.807) is 5.56 Å². The molecule has 1 aromatic heterocycles. The Morgan fingerprint density at radius 1 is 0.516 bits per heavy atom. The minimum absolute atomic E-state index is 0.194. The van der Waals surface area contributed by atoms with Crippen molar-refractivity contribution in [3.8, 4) is 5.69 Å². The van der Waals surface area contributed by atoms with E-state index in [2.05, 4.69) is 240 Å². The van der Waals surface area contributed by atoms with Crippen molar-refractivity contribution in [1.29, 1.82) is 0 Å². The van der Waals surface area contributed by atoms with Crippen LogP contribution < -0.4 is 4.90 Å². The maximum Gasteiger partial charge on any atom is 0.0671 e. The number of fused-ring (bicyclic) bond motifs is 8. The van der Waals surface area contributed by atoms with Crippen molar-refractivity contribution in [3.63, 3.8) is 0 Å². The predicted molar refractivity (Wildman–Crippen MR) is 267 cm³/mol. The van der Waals surface area contributed by atoms with Gasteiger partial charge in [0.25, 0.3) is 0 Å². The second-order valence-corrected chi connectivity index (χ2v) is 18.2. The SMILES string of the molecule is C1=CCCC(C2(c3cccc(N(c4ccccc4)c4ccc(-n5c6ccccc6c6ccccc65)cc4)c3)c3ccccc3C3(C4C=CC=CC4)c4c(cccc42)C2=CC=CCC23)=C1. The van der Waals surface area contributed by atoms with Gasteiger partial charge in [-0.2, -0.15) is 0 Å². The summed E-state index contributed by atoms with van der Waals surface area (Å²) >= 11 is 0. The Hall–Kier alpha value is -7.42. The van der Waals surface area contributed by atoms with E-state index >= 15 is 0 Å². The molecule has 0 saturated heterocycles. The monoisotopic (exact) mass is 820 g/mol. The highest BCUT2D eigenvalue weighted by Gasteiger charge is 2.62. The van der Waals surface area contributed by atoms with Crippen LogP contribution in [-0.2, 0) is 10.8 Å². The van der Waals surface area contributed by atoms with Crippen molar-refractivity contribution in [2.45, 2.75) is 36.5 Å². The number of allylic oxidation sites excluding steroid dienone is 12. The second kappa shape index (κ2) is 14.6. The van der Waals surface area contributed by atoms with Crippen LogP contribution >= 0.6 is 0 Å². The molecule has 7 aromatic carbocycles. The lowest BCUT2D eigenvalue weighted by Crippen LogP contribution is -2.49. The normalized spacial score (nSPS) is 22.5. The molecular weight excluding hydrogens is 773 g/mol. The van der Waals surface area contributed by atoms with E-state index in [-0.39, 0.29) is 5.41 Å². The molecule has 0 saturated carbocycles. The number of anilines is 3. The van der Waals surface area contributed by atoms with E-state index in [1.807, 2.05) is 0 Å². The van der Waals surface area contributed by atoms with Crippen molar-refractivity contribution in [1.82, 2.24) is 4.57 Å². The number of nitrogens with zero attached hydrogens (tertiary/aromatic N) is 2. The van der Waals surface area contributed by atoms with Crippen molar-refractivity contribution in [2.24, 2.45) is 11.8 Å². The Balaban J connectivity index is 1.04. The van der Waals surface area contributed by atoms with Gasteiger partial charge in [0.1, 0.15) is 0 Å². The molecule has 13 rings (SSSR count). The Kier molecular flexibility index (Phi) is 8.46. The minimum atomic E-state index is -0.509. The van der Waals surface area contributed by atoms with Gasteiger partial charge in [0.05, 0.1) is 16.4 Å². The Labute approximate surface area is 375 Å². The summed E-state index contributed by atoms with van der Waals surface area (Å²) in [6, 6.07) is 64.0. The molecule has 5 aliphatic carbocycles. The van der Waals surface area contributed by atoms with Gasteiger partial charge in [-0.25, -0.2) is 0 Å². The Bertz CT molecular complexity index is 3300. The third-order valence-corrected chi connectivity index (χ3v) is 15.2. The van der Waals surface area contributed by atoms with Crippen molar-refractivity contribution in [2.75, 3.05) is 4.90 Å². The zero-order valence-corrected chi connectivity index (χ0v) is 35.8. The number of para-hydroxylation sites is 3. The van der Waals surface area contributed by atoms with Gasteiger partial charge in [-0.1, -0.05) is 176 Å².